The Bertz CT molecular complexity index is 408. The van der Waals surface area contributed by atoms with Crippen molar-refractivity contribution in [2.75, 3.05) is 0 Å². The minimum atomic E-state index is -0.00920. The summed E-state index contributed by atoms with van der Waals surface area (Å²) in [5.74, 6) is 0.127. The van der Waals surface area contributed by atoms with Crippen LogP contribution in [0.1, 0.15) is 11.1 Å². The van der Waals surface area contributed by atoms with Crippen molar-refractivity contribution >= 4 is 23.5 Å². The van der Waals surface area contributed by atoms with Crippen LogP contribution in [0.4, 0.5) is 0 Å². The molecule has 0 aromatic heterocycles. The first-order valence-corrected chi connectivity index (χ1v) is 4.27. The molecule has 1 aromatic rings. The summed E-state index contributed by atoms with van der Waals surface area (Å²) in [7, 11) is 0. The molecule has 1 N–H and O–H groups in total. The van der Waals surface area contributed by atoms with Gasteiger partial charge in [-0.05, 0) is 24.3 Å². The van der Waals surface area contributed by atoms with Gasteiger partial charge < -0.3 is 5.11 Å². The van der Waals surface area contributed by atoms with Crippen molar-refractivity contribution in [2.45, 2.75) is 6.42 Å². The number of rotatable bonds is 0. The highest BCUT2D eigenvalue weighted by Gasteiger charge is 2.16. The van der Waals surface area contributed by atoms with Gasteiger partial charge in [0.05, 0.1) is 0 Å². The van der Waals surface area contributed by atoms with Crippen molar-refractivity contribution in [3.05, 3.63) is 34.4 Å². The molecular weight excluding hydrogens is 188 g/mol. The highest BCUT2D eigenvalue weighted by Crippen LogP contribution is 2.31. The molecular formula is C10H7ClO2. The van der Waals surface area contributed by atoms with Crippen LogP contribution in [0.15, 0.2) is 18.2 Å². The van der Waals surface area contributed by atoms with Gasteiger partial charge in [0.2, 0.25) is 0 Å². The van der Waals surface area contributed by atoms with Gasteiger partial charge in [0, 0.05) is 22.6 Å². The number of carbonyl (C=O) groups excluding carboxylic acids is 1. The average Bonchev–Trinajstić information content (AvgIpc) is 2.12. The van der Waals surface area contributed by atoms with Crippen LogP contribution in [-0.2, 0) is 11.2 Å². The number of allylic oxidation sites excluding steroid dienone is 1. The molecule has 0 spiro atoms. The lowest BCUT2D eigenvalue weighted by Crippen LogP contribution is -2.05. The second kappa shape index (κ2) is 2.89. The Hall–Kier alpha value is -1.28. The third kappa shape index (κ3) is 1.33. The number of fused-ring (bicyclic) bond motifs is 1. The molecule has 0 radical (unpaired) electrons. The lowest BCUT2D eigenvalue weighted by atomic mass is 9.96. The number of phenolic OH excluding ortho intramolecular Hbond substituents is 1. The molecule has 2 rings (SSSR count). The number of phenols is 1. The summed E-state index contributed by atoms with van der Waals surface area (Å²) in [6.45, 7) is 0. The molecule has 0 unspecified atom stereocenters. The Labute approximate surface area is 80.5 Å². The highest BCUT2D eigenvalue weighted by molar-refractivity contribution is 6.32. The maximum absolute atomic E-state index is 11.0. The fourth-order valence-corrected chi connectivity index (χ4v) is 1.64. The number of hydrogen-bond donors (Lipinski definition) is 1. The maximum Gasteiger partial charge on any atom is 0.160 e. The summed E-state index contributed by atoms with van der Waals surface area (Å²) < 4.78 is 0. The van der Waals surface area contributed by atoms with E-state index >= 15 is 0 Å². The molecule has 1 aromatic carbocycles. The van der Waals surface area contributed by atoms with Gasteiger partial charge in [0.15, 0.2) is 5.78 Å². The van der Waals surface area contributed by atoms with Gasteiger partial charge in [-0.1, -0.05) is 11.6 Å². The van der Waals surface area contributed by atoms with Crippen molar-refractivity contribution in [3.63, 3.8) is 0 Å². The van der Waals surface area contributed by atoms with Gasteiger partial charge in [-0.3, -0.25) is 4.79 Å². The van der Waals surface area contributed by atoms with Crippen molar-refractivity contribution in [3.8, 4) is 5.75 Å². The zero-order chi connectivity index (χ0) is 9.42. The van der Waals surface area contributed by atoms with Crippen molar-refractivity contribution in [1.82, 2.24) is 0 Å². The molecule has 2 nitrogen and oxygen atoms in total. The monoisotopic (exact) mass is 194 g/mol. The van der Waals surface area contributed by atoms with E-state index in [2.05, 4.69) is 0 Å². The Morgan fingerprint density at radius 2 is 2.08 bits per heavy atom. The van der Waals surface area contributed by atoms with E-state index in [9.17, 15) is 9.90 Å². The van der Waals surface area contributed by atoms with E-state index < -0.39 is 0 Å². The fourth-order valence-electron chi connectivity index (χ4n) is 1.40. The van der Waals surface area contributed by atoms with Crippen LogP contribution in [0.25, 0.3) is 6.08 Å². The summed E-state index contributed by atoms with van der Waals surface area (Å²) in [5.41, 5.74) is 1.38. The van der Waals surface area contributed by atoms with Crippen LogP contribution in [-0.4, -0.2) is 10.9 Å². The van der Waals surface area contributed by atoms with E-state index in [0.29, 0.717) is 10.6 Å². The van der Waals surface area contributed by atoms with Gasteiger partial charge >= 0.3 is 0 Å². The van der Waals surface area contributed by atoms with Gasteiger partial charge in [0.25, 0.3) is 0 Å². The Balaban J connectivity index is 2.67. The summed E-state index contributed by atoms with van der Waals surface area (Å²) >= 11 is 5.89. The lowest BCUT2D eigenvalue weighted by molar-refractivity contribution is -0.114. The first kappa shape index (κ1) is 8.32. The minimum Gasteiger partial charge on any atom is -0.508 e. The Kier molecular flexibility index (Phi) is 1.85. The summed E-state index contributed by atoms with van der Waals surface area (Å²) in [6.07, 6.45) is 3.36. The molecule has 66 valence electrons. The third-order valence-electron chi connectivity index (χ3n) is 2.07. The SMILES string of the molecule is O=C1C=Cc2c(Cl)ccc(O)c2C1. The predicted molar refractivity (Wildman–Crippen MR) is 50.9 cm³/mol. The number of ketones is 1. The number of benzene rings is 1. The van der Waals surface area contributed by atoms with E-state index in [4.69, 9.17) is 11.6 Å². The second-order valence-corrected chi connectivity index (χ2v) is 3.34. The average molecular weight is 195 g/mol. The molecule has 0 heterocycles. The molecule has 1 aliphatic rings. The molecule has 3 heteroatoms. The normalized spacial score (nSPS) is 14.4. The van der Waals surface area contributed by atoms with Gasteiger partial charge in [-0.15, -0.1) is 0 Å². The molecule has 0 saturated heterocycles. The number of carbonyl (C=O) groups is 1. The minimum absolute atomic E-state index is 0.00920. The summed E-state index contributed by atoms with van der Waals surface area (Å²) in [6, 6.07) is 3.13. The largest absolute Gasteiger partial charge is 0.508 e. The van der Waals surface area contributed by atoms with E-state index in [1.54, 1.807) is 12.1 Å². The van der Waals surface area contributed by atoms with Crippen LogP contribution in [0.3, 0.4) is 0 Å². The molecule has 0 bridgehead atoms. The maximum atomic E-state index is 11.0. The van der Waals surface area contributed by atoms with E-state index in [-0.39, 0.29) is 18.0 Å². The van der Waals surface area contributed by atoms with E-state index in [1.165, 1.54) is 12.1 Å². The summed E-state index contributed by atoms with van der Waals surface area (Å²) in [4.78, 5) is 11.0. The zero-order valence-electron chi connectivity index (χ0n) is 6.75. The topological polar surface area (TPSA) is 37.3 Å². The van der Waals surface area contributed by atoms with Crippen molar-refractivity contribution < 1.29 is 9.90 Å². The number of hydrogen-bond acceptors (Lipinski definition) is 2. The molecule has 1 aliphatic carbocycles. The molecule has 0 saturated carbocycles. The first-order valence-electron chi connectivity index (χ1n) is 3.90. The lowest BCUT2D eigenvalue weighted by Gasteiger charge is -2.12. The smallest absolute Gasteiger partial charge is 0.160 e. The van der Waals surface area contributed by atoms with Crippen molar-refractivity contribution in [2.24, 2.45) is 0 Å². The summed E-state index contributed by atoms with van der Waals surface area (Å²) in [5, 5.41) is 10.0. The third-order valence-corrected chi connectivity index (χ3v) is 2.40. The molecule has 0 aliphatic heterocycles. The Morgan fingerprint density at radius 3 is 2.85 bits per heavy atom. The molecule has 0 fully saturated rings. The standard InChI is InChI=1S/C10H7ClO2/c11-9-3-4-10(13)8-5-6(12)1-2-7(8)9/h1-4,13H,5H2. The van der Waals surface area contributed by atoms with E-state index in [1.807, 2.05) is 0 Å². The van der Waals surface area contributed by atoms with Gasteiger partial charge in [0.1, 0.15) is 5.75 Å². The van der Waals surface area contributed by atoms with Crippen molar-refractivity contribution in [1.29, 1.82) is 0 Å². The molecule has 0 amide bonds. The van der Waals surface area contributed by atoms with Crippen LogP contribution in [0.5, 0.6) is 5.75 Å². The number of halogens is 1. The molecule has 0 atom stereocenters. The van der Waals surface area contributed by atoms with Crippen LogP contribution in [0, 0.1) is 0 Å². The fraction of sp³-hybridized carbons (Fsp3) is 0.100. The van der Waals surface area contributed by atoms with Crippen LogP contribution >= 0.6 is 11.6 Å². The second-order valence-electron chi connectivity index (χ2n) is 2.94. The van der Waals surface area contributed by atoms with Crippen LogP contribution in [0.2, 0.25) is 5.02 Å². The zero-order valence-corrected chi connectivity index (χ0v) is 7.51. The highest BCUT2D eigenvalue weighted by atomic mass is 35.5. The first-order chi connectivity index (χ1) is 6.18. The predicted octanol–water partition coefficient (Wildman–Crippen LogP) is 2.18. The van der Waals surface area contributed by atoms with Crippen LogP contribution < -0.4 is 0 Å². The quantitative estimate of drug-likeness (QED) is 0.688. The van der Waals surface area contributed by atoms with Gasteiger partial charge in [-0.25, -0.2) is 0 Å². The number of aromatic hydroxyl groups is 1. The van der Waals surface area contributed by atoms with Gasteiger partial charge in [-0.2, -0.15) is 0 Å². The van der Waals surface area contributed by atoms with E-state index in [0.717, 1.165) is 5.56 Å². The molecule has 13 heavy (non-hydrogen) atoms. The Morgan fingerprint density at radius 1 is 1.31 bits per heavy atom.